The predicted molar refractivity (Wildman–Crippen MR) is 99.5 cm³/mol. The average Bonchev–Trinajstić information content (AvgIpc) is 2.64. The van der Waals surface area contributed by atoms with Crippen molar-refractivity contribution in [3.8, 4) is 11.5 Å². The number of likely N-dealkylation sites (N-methyl/N-ethyl adjacent to an activating group) is 1. The highest BCUT2D eigenvalue weighted by Crippen LogP contribution is 2.29. The van der Waals surface area contributed by atoms with Gasteiger partial charge < -0.3 is 25.2 Å². The Morgan fingerprint density at radius 2 is 1.85 bits per heavy atom. The molecule has 0 saturated carbocycles. The van der Waals surface area contributed by atoms with Gasteiger partial charge in [-0.3, -0.25) is 9.59 Å². The molecule has 0 aliphatic rings. The normalized spacial score (nSPS) is 11.1. The maximum absolute atomic E-state index is 11.5. The number of aliphatic carboxylic acids is 1. The third-order valence-corrected chi connectivity index (χ3v) is 4.56. The monoisotopic (exact) mass is 366 g/mol. The lowest BCUT2D eigenvalue weighted by atomic mass is 9.82. The van der Waals surface area contributed by atoms with E-state index < -0.39 is 11.4 Å². The van der Waals surface area contributed by atoms with Gasteiger partial charge in [-0.2, -0.15) is 0 Å². The first kappa shape index (κ1) is 21.8. The number of carbonyl (C=O) groups is 2. The van der Waals surface area contributed by atoms with Crippen molar-refractivity contribution < 1.29 is 24.2 Å². The fourth-order valence-corrected chi connectivity index (χ4v) is 2.66. The van der Waals surface area contributed by atoms with Gasteiger partial charge in [0.05, 0.1) is 12.5 Å². The van der Waals surface area contributed by atoms with Crippen molar-refractivity contribution in [1.29, 1.82) is 0 Å². The number of methoxy groups -OCH3 is 1. The Morgan fingerprint density at radius 1 is 1.15 bits per heavy atom. The summed E-state index contributed by atoms with van der Waals surface area (Å²) in [5.74, 6) is 0.0553. The zero-order chi connectivity index (χ0) is 19.6. The number of amides is 1. The zero-order valence-corrected chi connectivity index (χ0v) is 16.1. The van der Waals surface area contributed by atoms with Crippen LogP contribution in [0, 0.1) is 5.41 Å². The number of carbonyl (C=O) groups excluding carboxylic acids is 1. The minimum absolute atomic E-state index is 0.0735. The van der Waals surface area contributed by atoms with E-state index in [-0.39, 0.29) is 12.5 Å². The molecule has 0 unspecified atom stereocenters. The molecule has 0 spiro atoms. The van der Waals surface area contributed by atoms with Crippen molar-refractivity contribution in [3.05, 3.63) is 23.8 Å². The molecule has 7 heteroatoms. The summed E-state index contributed by atoms with van der Waals surface area (Å²) in [6, 6.07) is 5.43. The Hall–Kier alpha value is -2.28. The number of ether oxygens (including phenoxy) is 2. The molecular formula is C19H30N2O5. The largest absolute Gasteiger partial charge is 0.493 e. The minimum atomic E-state index is -0.776. The highest BCUT2D eigenvalue weighted by Gasteiger charge is 2.34. The molecule has 26 heavy (non-hydrogen) atoms. The fourth-order valence-electron chi connectivity index (χ4n) is 2.66. The van der Waals surface area contributed by atoms with Crippen LogP contribution in [-0.4, -0.2) is 43.8 Å². The summed E-state index contributed by atoms with van der Waals surface area (Å²) < 4.78 is 10.8. The van der Waals surface area contributed by atoms with Crippen LogP contribution in [-0.2, 0) is 16.1 Å². The number of carboxylic acid groups (broad SMARTS) is 1. The van der Waals surface area contributed by atoms with Crippen molar-refractivity contribution in [2.45, 2.75) is 40.2 Å². The van der Waals surface area contributed by atoms with Crippen LogP contribution >= 0.6 is 0 Å². The summed E-state index contributed by atoms with van der Waals surface area (Å²) in [5, 5.41) is 15.4. The molecule has 0 saturated heterocycles. The van der Waals surface area contributed by atoms with E-state index in [2.05, 4.69) is 10.6 Å². The highest BCUT2D eigenvalue weighted by atomic mass is 16.5. The molecule has 0 radical (unpaired) electrons. The first-order valence-corrected chi connectivity index (χ1v) is 8.92. The summed E-state index contributed by atoms with van der Waals surface area (Å²) in [6.45, 7) is 7.02. The number of hydrogen-bond donors (Lipinski definition) is 3. The van der Waals surface area contributed by atoms with Crippen LogP contribution in [0.3, 0.4) is 0 Å². The van der Waals surface area contributed by atoms with Gasteiger partial charge in [-0.25, -0.2) is 0 Å². The minimum Gasteiger partial charge on any atom is -0.493 e. The Balaban J connectivity index is 2.69. The third-order valence-electron chi connectivity index (χ3n) is 4.56. The van der Waals surface area contributed by atoms with Gasteiger partial charge in [0.25, 0.3) is 5.91 Å². The summed E-state index contributed by atoms with van der Waals surface area (Å²) in [6.07, 6.45) is 1.14. The van der Waals surface area contributed by atoms with Crippen LogP contribution in [0.5, 0.6) is 11.5 Å². The van der Waals surface area contributed by atoms with Gasteiger partial charge in [0.2, 0.25) is 0 Å². The summed E-state index contributed by atoms with van der Waals surface area (Å²) >= 11 is 0. The Kier molecular flexibility index (Phi) is 8.92. The van der Waals surface area contributed by atoms with Crippen molar-refractivity contribution >= 4 is 11.9 Å². The second-order valence-corrected chi connectivity index (χ2v) is 6.12. The molecule has 0 bridgehead atoms. The van der Waals surface area contributed by atoms with Crippen molar-refractivity contribution in [2.24, 2.45) is 5.41 Å². The molecule has 0 heterocycles. The molecule has 1 amide bonds. The smallest absolute Gasteiger partial charge is 0.310 e. The summed E-state index contributed by atoms with van der Waals surface area (Å²) in [7, 11) is 1.54. The second-order valence-electron chi connectivity index (χ2n) is 6.12. The average molecular weight is 366 g/mol. The van der Waals surface area contributed by atoms with Crippen LogP contribution in [0.15, 0.2) is 18.2 Å². The van der Waals surface area contributed by atoms with Gasteiger partial charge in [0.15, 0.2) is 18.1 Å². The van der Waals surface area contributed by atoms with Crippen molar-refractivity contribution in [2.75, 3.05) is 26.8 Å². The Morgan fingerprint density at radius 3 is 2.38 bits per heavy atom. The van der Waals surface area contributed by atoms with Crippen LogP contribution in [0.25, 0.3) is 0 Å². The van der Waals surface area contributed by atoms with Crippen LogP contribution in [0.1, 0.15) is 39.2 Å². The lowest BCUT2D eigenvalue weighted by Crippen LogP contribution is -2.40. The number of hydrogen-bond acceptors (Lipinski definition) is 5. The first-order chi connectivity index (χ1) is 12.4. The Bertz CT molecular complexity index is 600. The number of carboxylic acids is 1. The summed E-state index contributed by atoms with van der Waals surface area (Å²) in [4.78, 5) is 23.0. The quantitative estimate of drug-likeness (QED) is 0.525. The fraction of sp³-hybridized carbons (Fsp3) is 0.579. The molecule has 0 aliphatic carbocycles. The molecule has 0 aromatic heterocycles. The standard InChI is InChI=1S/C19H30N2O5/c1-5-19(6-2,18(23)24)13-20-11-14-8-9-15(16(10-14)25-4)26-12-17(22)21-7-3/h8-10,20H,5-7,11-13H2,1-4H3,(H,21,22)(H,23,24). The van der Waals surface area contributed by atoms with Gasteiger partial charge in [-0.05, 0) is 37.5 Å². The molecular weight excluding hydrogens is 336 g/mol. The zero-order valence-electron chi connectivity index (χ0n) is 16.1. The van der Waals surface area contributed by atoms with E-state index in [0.29, 0.717) is 44.0 Å². The predicted octanol–water partition coefficient (Wildman–Crippen LogP) is 2.19. The number of nitrogens with one attached hydrogen (secondary N) is 2. The van der Waals surface area contributed by atoms with E-state index in [1.54, 1.807) is 6.07 Å². The van der Waals surface area contributed by atoms with Gasteiger partial charge in [-0.15, -0.1) is 0 Å². The lowest BCUT2D eigenvalue weighted by Gasteiger charge is -2.27. The van der Waals surface area contributed by atoms with E-state index in [9.17, 15) is 14.7 Å². The second kappa shape index (κ2) is 10.7. The van der Waals surface area contributed by atoms with Gasteiger partial charge in [-0.1, -0.05) is 19.9 Å². The molecule has 3 N–H and O–H groups in total. The van der Waals surface area contributed by atoms with Crippen molar-refractivity contribution in [3.63, 3.8) is 0 Å². The SMILES string of the molecule is CCNC(=O)COc1ccc(CNCC(CC)(CC)C(=O)O)cc1OC. The number of benzene rings is 1. The molecule has 0 atom stereocenters. The lowest BCUT2D eigenvalue weighted by molar-refractivity contribution is -0.149. The molecule has 0 fully saturated rings. The van der Waals surface area contributed by atoms with Crippen LogP contribution < -0.4 is 20.1 Å². The van der Waals surface area contributed by atoms with E-state index in [1.807, 2.05) is 32.9 Å². The molecule has 7 nitrogen and oxygen atoms in total. The van der Waals surface area contributed by atoms with Crippen molar-refractivity contribution in [1.82, 2.24) is 10.6 Å². The van der Waals surface area contributed by atoms with E-state index >= 15 is 0 Å². The maximum atomic E-state index is 11.5. The third kappa shape index (κ3) is 5.91. The molecule has 0 aliphatic heterocycles. The van der Waals surface area contributed by atoms with Crippen LogP contribution in [0.2, 0.25) is 0 Å². The van der Waals surface area contributed by atoms with E-state index in [0.717, 1.165) is 5.56 Å². The van der Waals surface area contributed by atoms with E-state index in [4.69, 9.17) is 9.47 Å². The molecule has 1 rings (SSSR count). The summed E-state index contributed by atoms with van der Waals surface area (Å²) in [5.41, 5.74) is 0.193. The van der Waals surface area contributed by atoms with E-state index in [1.165, 1.54) is 7.11 Å². The highest BCUT2D eigenvalue weighted by molar-refractivity contribution is 5.77. The molecule has 1 aromatic carbocycles. The van der Waals surface area contributed by atoms with Gasteiger partial charge >= 0.3 is 5.97 Å². The van der Waals surface area contributed by atoms with Gasteiger partial charge in [0, 0.05) is 19.6 Å². The Labute approximate surface area is 155 Å². The first-order valence-electron chi connectivity index (χ1n) is 8.92. The van der Waals surface area contributed by atoms with Gasteiger partial charge in [0.1, 0.15) is 0 Å². The molecule has 146 valence electrons. The topological polar surface area (TPSA) is 96.9 Å². The molecule has 1 aromatic rings. The maximum Gasteiger partial charge on any atom is 0.310 e. The van der Waals surface area contributed by atoms with Crippen LogP contribution in [0.4, 0.5) is 0 Å². The number of rotatable bonds is 12.